The summed E-state index contributed by atoms with van der Waals surface area (Å²) in [6.45, 7) is 6.89. The van der Waals surface area contributed by atoms with E-state index in [-0.39, 0.29) is 11.0 Å². The molecule has 4 heteroatoms. The molecule has 1 unspecified atom stereocenters. The molecule has 1 aromatic rings. The lowest BCUT2D eigenvalue weighted by atomic mass is 9.78. The van der Waals surface area contributed by atoms with Gasteiger partial charge in [0.15, 0.2) is 5.17 Å². The van der Waals surface area contributed by atoms with E-state index in [2.05, 4.69) is 26.8 Å². The van der Waals surface area contributed by atoms with Crippen LogP contribution in [-0.2, 0) is 17.4 Å². The number of rotatable bonds is 0. The summed E-state index contributed by atoms with van der Waals surface area (Å²) >= 11 is 3.70. The van der Waals surface area contributed by atoms with Gasteiger partial charge in [0.1, 0.15) is 0 Å². The van der Waals surface area contributed by atoms with Crippen LogP contribution in [0.5, 0.6) is 0 Å². The van der Waals surface area contributed by atoms with Gasteiger partial charge < -0.3 is 5.73 Å². The molecule has 1 spiro atoms. The van der Waals surface area contributed by atoms with Gasteiger partial charge in [-0.2, -0.15) is 0 Å². The summed E-state index contributed by atoms with van der Waals surface area (Å²) in [6, 6.07) is 2.42. The van der Waals surface area contributed by atoms with Crippen LogP contribution < -0.4 is 5.73 Å². The molecule has 0 saturated carbocycles. The van der Waals surface area contributed by atoms with Gasteiger partial charge in [-0.25, -0.2) is 0 Å². The van der Waals surface area contributed by atoms with E-state index in [1.54, 1.807) is 16.6 Å². The number of fused-ring (bicyclic) bond motifs is 2. The Labute approximate surface area is 123 Å². The largest absolute Gasteiger partial charge is 0.379 e. The smallest absolute Gasteiger partial charge is 0.154 e. The molecule has 2 nitrogen and oxygen atoms in total. The normalized spacial score (nSPS) is 27.2. The third-order valence-corrected chi connectivity index (χ3v) is 6.55. The van der Waals surface area contributed by atoms with Crippen LogP contribution in [0, 0.1) is 0 Å². The maximum atomic E-state index is 6.01. The molecule has 1 atom stereocenters. The first-order valence-electron chi connectivity index (χ1n) is 7.02. The summed E-state index contributed by atoms with van der Waals surface area (Å²) in [7, 11) is 0. The average Bonchev–Trinajstić information content (AvgIpc) is 2.74. The van der Waals surface area contributed by atoms with Crippen molar-refractivity contribution < 1.29 is 0 Å². The number of thioether (sulfide) groups is 1. The maximum absolute atomic E-state index is 6.01. The fraction of sp³-hybridized carbons (Fsp3) is 0.667. The Bertz CT molecular complexity index is 525. The van der Waals surface area contributed by atoms with Crippen LogP contribution in [0.25, 0.3) is 0 Å². The topological polar surface area (TPSA) is 38.4 Å². The van der Waals surface area contributed by atoms with Crippen molar-refractivity contribution in [2.45, 2.75) is 57.4 Å². The Balaban J connectivity index is 2.10. The number of nitrogens with zero attached hydrogens (tertiary/aromatic N) is 1. The van der Waals surface area contributed by atoms with E-state index in [1.807, 2.05) is 11.3 Å². The molecular formula is C15H22N2S2. The van der Waals surface area contributed by atoms with Gasteiger partial charge in [-0.05, 0) is 42.7 Å². The van der Waals surface area contributed by atoms with Crippen LogP contribution in [0.1, 0.15) is 55.4 Å². The minimum atomic E-state index is 0.00289. The molecule has 3 rings (SSSR count). The molecule has 2 aliphatic rings. The summed E-state index contributed by atoms with van der Waals surface area (Å²) in [5.41, 5.74) is 7.73. The minimum Gasteiger partial charge on any atom is -0.379 e. The first-order valence-corrected chi connectivity index (χ1v) is 8.83. The molecule has 0 amide bonds. The third-order valence-electron chi connectivity index (χ3n) is 4.13. The summed E-state index contributed by atoms with van der Waals surface area (Å²) < 4.78 is 0. The van der Waals surface area contributed by atoms with E-state index in [4.69, 9.17) is 10.7 Å². The van der Waals surface area contributed by atoms with Crippen LogP contribution in [0.2, 0.25) is 0 Å². The van der Waals surface area contributed by atoms with E-state index < -0.39 is 0 Å². The first kappa shape index (κ1) is 13.5. The lowest BCUT2D eigenvalue weighted by molar-refractivity contribution is 0.367. The number of amidine groups is 1. The van der Waals surface area contributed by atoms with Gasteiger partial charge in [-0.1, -0.05) is 32.5 Å². The molecule has 104 valence electrons. The Morgan fingerprint density at radius 3 is 2.79 bits per heavy atom. The van der Waals surface area contributed by atoms with Gasteiger partial charge in [0.05, 0.1) is 5.54 Å². The summed E-state index contributed by atoms with van der Waals surface area (Å²) in [6.07, 6.45) is 4.78. The Morgan fingerprint density at radius 2 is 2.11 bits per heavy atom. The van der Waals surface area contributed by atoms with Gasteiger partial charge in [-0.15, -0.1) is 11.3 Å². The van der Waals surface area contributed by atoms with Crippen molar-refractivity contribution in [2.75, 3.05) is 5.75 Å². The molecule has 0 saturated heterocycles. The monoisotopic (exact) mass is 294 g/mol. The molecule has 0 bridgehead atoms. The molecule has 0 radical (unpaired) electrons. The van der Waals surface area contributed by atoms with E-state index >= 15 is 0 Å². The molecule has 1 aliphatic carbocycles. The second kappa shape index (κ2) is 4.52. The molecule has 1 aromatic heterocycles. The summed E-state index contributed by atoms with van der Waals surface area (Å²) in [4.78, 5) is 7.92. The fourth-order valence-corrected chi connectivity index (χ4v) is 5.30. The van der Waals surface area contributed by atoms with E-state index in [9.17, 15) is 0 Å². The van der Waals surface area contributed by atoms with Crippen molar-refractivity contribution in [1.29, 1.82) is 0 Å². The third kappa shape index (κ3) is 2.33. The standard InChI is InChI=1S/C15H22N2S2/c1-14(2,3)12-9-10-11(19-12)5-4-6-15(10)7-8-18-13(16)17-15/h9H,4-8H2,1-3H3,(H2,16,17). The molecule has 2 N–H and O–H groups in total. The van der Waals surface area contributed by atoms with Crippen LogP contribution in [0.4, 0.5) is 0 Å². The average molecular weight is 294 g/mol. The number of nitrogens with two attached hydrogens (primary N) is 1. The number of hydrogen-bond donors (Lipinski definition) is 1. The first-order chi connectivity index (χ1) is 8.91. The molecule has 0 aromatic carbocycles. The minimum absolute atomic E-state index is 0.00289. The number of aliphatic imine (C=N–C) groups is 1. The van der Waals surface area contributed by atoms with E-state index in [0.717, 1.165) is 17.3 Å². The number of hydrogen-bond acceptors (Lipinski definition) is 4. The van der Waals surface area contributed by atoms with Crippen molar-refractivity contribution >= 4 is 28.3 Å². The maximum Gasteiger partial charge on any atom is 0.154 e. The van der Waals surface area contributed by atoms with Gasteiger partial charge in [0, 0.05) is 15.5 Å². The Hall–Kier alpha value is -0.480. The lowest BCUT2D eigenvalue weighted by Gasteiger charge is -2.36. The van der Waals surface area contributed by atoms with Crippen molar-refractivity contribution in [1.82, 2.24) is 0 Å². The van der Waals surface area contributed by atoms with Gasteiger partial charge >= 0.3 is 0 Å². The predicted molar refractivity (Wildman–Crippen MR) is 86.3 cm³/mol. The quantitative estimate of drug-likeness (QED) is 0.784. The molecule has 1 aliphatic heterocycles. The fourth-order valence-electron chi connectivity index (χ4n) is 3.05. The molecule has 19 heavy (non-hydrogen) atoms. The lowest BCUT2D eigenvalue weighted by Crippen LogP contribution is -2.34. The zero-order chi connectivity index (χ0) is 13.7. The number of thiophene rings is 1. The summed E-state index contributed by atoms with van der Waals surface area (Å²) in [5.74, 6) is 1.11. The van der Waals surface area contributed by atoms with E-state index in [0.29, 0.717) is 0 Å². The van der Waals surface area contributed by atoms with Gasteiger partial charge in [-0.3, -0.25) is 4.99 Å². The van der Waals surface area contributed by atoms with Crippen molar-refractivity contribution in [3.05, 3.63) is 21.4 Å². The second-order valence-electron chi connectivity index (χ2n) is 6.63. The number of aryl methyl sites for hydroxylation is 1. The van der Waals surface area contributed by atoms with Gasteiger partial charge in [0.2, 0.25) is 0 Å². The highest BCUT2D eigenvalue weighted by atomic mass is 32.2. The van der Waals surface area contributed by atoms with Gasteiger partial charge in [0.25, 0.3) is 0 Å². The second-order valence-corrected chi connectivity index (χ2v) is 8.88. The zero-order valence-electron chi connectivity index (χ0n) is 12.0. The van der Waals surface area contributed by atoms with Crippen molar-refractivity contribution in [3.8, 4) is 0 Å². The SMILES string of the molecule is CC(C)(C)c1cc2c(s1)CCCC21CCSC(N)=N1. The Kier molecular flexibility index (Phi) is 3.21. The van der Waals surface area contributed by atoms with Crippen LogP contribution >= 0.6 is 23.1 Å². The summed E-state index contributed by atoms with van der Waals surface area (Å²) in [5, 5.41) is 0.780. The Morgan fingerprint density at radius 1 is 1.32 bits per heavy atom. The van der Waals surface area contributed by atoms with Crippen molar-refractivity contribution in [3.63, 3.8) is 0 Å². The highest BCUT2D eigenvalue weighted by molar-refractivity contribution is 8.13. The highest BCUT2D eigenvalue weighted by Gasteiger charge is 2.40. The van der Waals surface area contributed by atoms with Crippen LogP contribution in [0.15, 0.2) is 11.1 Å². The van der Waals surface area contributed by atoms with E-state index in [1.165, 1.54) is 29.7 Å². The van der Waals surface area contributed by atoms with Crippen LogP contribution in [-0.4, -0.2) is 10.9 Å². The molecule has 0 fully saturated rings. The highest BCUT2D eigenvalue weighted by Crippen LogP contribution is 2.48. The zero-order valence-corrected chi connectivity index (χ0v) is 13.6. The van der Waals surface area contributed by atoms with Crippen LogP contribution in [0.3, 0.4) is 0 Å². The van der Waals surface area contributed by atoms with Crippen molar-refractivity contribution in [2.24, 2.45) is 10.7 Å². The molecule has 2 heterocycles. The molecular weight excluding hydrogens is 272 g/mol. The predicted octanol–water partition coefficient (Wildman–Crippen LogP) is 4.03.